The Morgan fingerprint density at radius 2 is 1.61 bits per heavy atom. The van der Waals surface area contributed by atoms with Crippen LogP contribution in [0.4, 0.5) is 0 Å². The van der Waals surface area contributed by atoms with Gasteiger partial charge in [0.25, 0.3) is 0 Å². The minimum absolute atomic E-state index is 0.0728. The first-order chi connectivity index (χ1) is 8.59. The van der Waals surface area contributed by atoms with Gasteiger partial charge >= 0.3 is 0 Å². The second-order valence-electron chi connectivity index (χ2n) is 4.69. The second-order valence-corrected chi connectivity index (χ2v) is 5.60. The third-order valence-corrected chi connectivity index (χ3v) is 4.06. The monoisotopic (exact) mass is 309 g/mol. The first kappa shape index (κ1) is 13.3. The van der Waals surface area contributed by atoms with Crippen molar-refractivity contribution >= 4 is 27.7 Å². The lowest BCUT2D eigenvalue weighted by molar-refractivity contribution is -0.313. The largest absolute Gasteiger partial charge is 0.550 e. The number of carbonyl (C=O) groups excluding carboxylic acids is 2. The minimum Gasteiger partial charge on any atom is -0.550 e. The Bertz CT molecular complexity index is 453. The highest BCUT2D eigenvalue weighted by Crippen LogP contribution is 2.32. The molecule has 0 unspecified atom stereocenters. The Hall–Kier alpha value is -1.16. The van der Waals surface area contributed by atoms with Gasteiger partial charge in [0.1, 0.15) is 0 Å². The summed E-state index contributed by atoms with van der Waals surface area (Å²) >= 11 is 3.31. The summed E-state index contributed by atoms with van der Waals surface area (Å²) in [4.78, 5) is 23.4. The third-order valence-electron chi connectivity index (χ3n) is 3.53. The van der Waals surface area contributed by atoms with Gasteiger partial charge in [-0.15, -0.1) is 0 Å². The van der Waals surface area contributed by atoms with Crippen LogP contribution in [0.2, 0.25) is 0 Å². The zero-order valence-corrected chi connectivity index (χ0v) is 11.5. The Morgan fingerprint density at radius 3 is 2.17 bits per heavy atom. The van der Waals surface area contributed by atoms with E-state index in [0.717, 1.165) is 17.3 Å². The van der Waals surface area contributed by atoms with Crippen LogP contribution in [-0.4, -0.2) is 11.8 Å². The number of rotatable bonds is 3. The summed E-state index contributed by atoms with van der Waals surface area (Å²) in [6.45, 7) is 0. The fraction of sp³-hybridized carbons (Fsp3) is 0.429. The Balaban J connectivity index is 2.20. The zero-order chi connectivity index (χ0) is 13.1. The van der Waals surface area contributed by atoms with Gasteiger partial charge in [-0.05, 0) is 25.0 Å². The van der Waals surface area contributed by atoms with E-state index in [1.807, 2.05) is 0 Å². The van der Waals surface area contributed by atoms with Crippen molar-refractivity contribution in [3.05, 3.63) is 34.3 Å². The van der Waals surface area contributed by atoms with Crippen LogP contribution in [0.25, 0.3) is 0 Å². The summed E-state index contributed by atoms with van der Waals surface area (Å²) in [5.41, 5.74) is 0.580. The molecule has 0 saturated heterocycles. The number of carboxylic acid groups (broad SMARTS) is 1. The number of halogens is 1. The smallest absolute Gasteiger partial charge is 0.166 e. The summed E-state index contributed by atoms with van der Waals surface area (Å²) in [7, 11) is 0. The molecule has 0 radical (unpaired) electrons. The molecule has 0 N–H and O–H groups in total. The van der Waals surface area contributed by atoms with Crippen LogP contribution in [0.5, 0.6) is 0 Å². The molecule has 0 aliphatic heterocycles. The molecular formula is C14H14BrO3-. The summed E-state index contributed by atoms with van der Waals surface area (Å²) in [5, 5.41) is 11.1. The van der Waals surface area contributed by atoms with Crippen LogP contribution >= 0.6 is 15.9 Å². The number of hydrogen-bond acceptors (Lipinski definition) is 3. The lowest BCUT2D eigenvalue weighted by Crippen LogP contribution is -2.40. The van der Waals surface area contributed by atoms with E-state index in [4.69, 9.17) is 0 Å². The highest BCUT2D eigenvalue weighted by atomic mass is 79.9. The fourth-order valence-electron chi connectivity index (χ4n) is 2.56. The summed E-state index contributed by atoms with van der Waals surface area (Å²) in [6.07, 6.45) is 2.97. The van der Waals surface area contributed by atoms with Crippen molar-refractivity contribution in [1.29, 1.82) is 0 Å². The van der Waals surface area contributed by atoms with Crippen LogP contribution in [0.3, 0.4) is 0 Å². The summed E-state index contributed by atoms with van der Waals surface area (Å²) < 4.78 is 0.902. The van der Waals surface area contributed by atoms with Gasteiger partial charge in [-0.2, -0.15) is 0 Å². The molecule has 0 spiro atoms. The first-order valence-electron chi connectivity index (χ1n) is 6.10. The maximum Gasteiger partial charge on any atom is 0.166 e. The highest BCUT2D eigenvalue weighted by molar-refractivity contribution is 9.10. The second kappa shape index (κ2) is 5.65. The number of Topliss-reactive ketones (excluding diaryl/α,β-unsaturated/α-hetero) is 1. The summed E-state index contributed by atoms with van der Waals surface area (Å²) in [6, 6.07) is 7.05. The van der Waals surface area contributed by atoms with Crippen molar-refractivity contribution in [3.63, 3.8) is 0 Å². The number of aliphatic carboxylic acids is 1. The average Bonchev–Trinajstić information content (AvgIpc) is 2.39. The molecule has 1 aliphatic rings. The predicted molar refractivity (Wildman–Crippen MR) is 68.9 cm³/mol. The van der Waals surface area contributed by atoms with Crippen LogP contribution in [0, 0.1) is 11.8 Å². The molecule has 3 nitrogen and oxygen atoms in total. The van der Waals surface area contributed by atoms with E-state index in [1.165, 1.54) is 0 Å². The Labute approximate surface area is 114 Å². The molecular weight excluding hydrogens is 296 g/mol. The SMILES string of the molecule is O=C(c1ccc(Br)cc1)[C@H]1CCCC[C@H]1C(=O)[O-]. The van der Waals surface area contributed by atoms with E-state index in [-0.39, 0.29) is 5.78 Å². The van der Waals surface area contributed by atoms with Crippen molar-refractivity contribution in [2.75, 3.05) is 0 Å². The van der Waals surface area contributed by atoms with E-state index < -0.39 is 17.8 Å². The summed E-state index contributed by atoms with van der Waals surface area (Å²) in [5.74, 6) is -2.22. The number of benzene rings is 1. The molecule has 0 heterocycles. The van der Waals surface area contributed by atoms with Crippen LogP contribution in [-0.2, 0) is 4.79 Å². The molecule has 1 aromatic rings. The lowest BCUT2D eigenvalue weighted by atomic mass is 9.75. The highest BCUT2D eigenvalue weighted by Gasteiger charge is 2.32. The number of carboxylic acids is 1. The van der Waals surface area contributed by atoms with Crippen LogP contribution < -0.4 is 5.11 Å². The maximum absolute atomic E-state index is 12.3. The molecule has 0 aromatic heterocycles. The Kier molecular flexibility index (Phi) is 4.17. The van der Waals surface area contributed by atoms with Gasteiger partial charge in [0, 0.05) is 27.8 Å². The van der Waals surface area contributed by atoms with Crippen LogP contribution in [0.15, 0.2) is 28.7 Å². The van der Waals surface area contributed by atoms with E-state index in [9.17, 15) is 14.7 Å². The fourth-order valence-corrected chi connectivity index (χ4v) is 2.82. The molecule has 1 fully saturated rings. The molecule has 1 aromatic carbocycles. The van der Waals surface area contributed by atoms with Gasteiger partial charge in [-0.3, -0.25) is 4.79 Å². The van der Waals surface area contributed by atoms with Gasteiger partial charge in [0.05, 0.1) is 0 Å². The lowest BCUT2D eigenvalue weighted by Gasteiger charge is -2.31. The quantitative estimate of drug-likeness (QED) is 0.804. The van der Waals surface area contributed by atoms with E-state index in [1.54, 1.807) is 24.3 Å². The number of carbonyl (C=O) groups is 2. The molecule has 1 aliphatic carbocycles. The molecule has 2 atom stereocenters. The standard InChI is InChI=1S/C14H15BrO3/c15-10-7-5-9(6-8-10)13(16)11-3-1-2-4-12(11)14(17)18/h5-8,11-12H,1-4H2,(H,17,18)/p-1/t11-,12+/m0/s1. The molecule has 0 bridgehead atoms. The molecule has 1 saturated carbocycles. The molecule has 18 heavy (non-hydrogen) atoms. The van der Waals surface area contributed by atoms with E-state index in [2.05, 4.69) is 15.9 Å². The Morgan fingerprint density at radius 1 is 1.06 bits per heavy atom. The van der Waals surface area contributed by atoms with Crippen molar-refractivity contribution in [2.45, 2.75) is 25.7 Å². The first-order valence-corrected chi connectivity index (χ1v) is 6.89. The van der Waals surface area contributed by atoms with Gasteiger partial charge in [0.2, 0.25) is 0 Å². The van der Waals surface area contributed by atoms with Gasteiger partial charge in [-0.25, -0.2) is 0 Å². The zero-order valence-electron chi connectivity index (χ0n) is 9.90. The number of hydrogen-bond donors (Lipinski definition) is 0. The van der Waals surface area contributed by atoms with Crippen molar-refractivity contribution in [3.8, 4) is 0 Å². The van der Waals surface area contributed by atoms with Crippen molar-refractivity contribution < 1.29 is 14.7 Å². The van der Waals surface area contributed by atoms with E-state index >= 15 is 0 Å². The van der Waals surface area contributed by atoms with Gasteiger partial charge in [-0.1, -0.05) is 40.9 Å². The van der Waals surface area contributed by atoms with Crippen molar-refractivity contribution in [2.24, 2.45) is 11.8 Å². The molecule has 96 valence electrons. The van der Waals surface area contributed by atoms with Gasteiger partial charge in [0.15, 0.2) is 5.78 Å². The van der Waals surface area contributed by atoms with Gasteiger partial charge < -0.3 is 9.90 Å². The molecule has 4 heteroatoms. The predicted octanol–water partition coefficient (Wildman–Crippen LogP) is 2.19. The number of ketones is 1. The van der Waals surface area contributed by atoms with Crippen LogP contribution in [0.1, 0.15) is 36.0 Å². The maximum atomic E-state index is 12.3. The van der Waals surface area contributed by atoms with E-state index in [0.29, 0.717) is 18.4 Å². The van der Waals surface area contributed by atoms with Crippen molar-refractivity contribution in [1.82, 2.24) is 0 Å². The average molecular weight is 310 g/mol. The minimum atomic E-state index is -1.09. The third kappa shape index (κ3) is 2.80. The normalized spacial score (nSPS) is 23.6. The topological polar surface area (TPSA) is 57.2 Å². The molecule has 2 rings (SSSR count). The molecule has 0 amide bonds.